The molecule has 0 bridgehead atoms. The Balaban J connectivity index is 3.47. The highest BCUT2D eigenvalue weighted by Crippen LogP contribution is 2.18. The summed E-state index contributed by atoms with van der Waals surface area (Å²) in [6, 6.07) is -0.803. The molecule has 0 aromatic heterocycles. The molecule has 0 radical (unpaired) electrons. The molecule has 0 saturated heterocycles. The van der Waals surface area contributed by atoms with E-state index in [9.17, 15) is 20.1 Å². The van der Waals surface area contributed by atoms with E-state index in [0.29, 0.717) is 12.8 Å². The standard InChI is InChI=1S/C51H103NO4/c1-3-5-7-9-11-13-15-17-19-20-21-22-23-24-25-26-27-28-29-30-31-32-34-36-38-40-42-44-46-50(55)52-48(47-53)51(56)49(54)45-43-41-39-37-35-33-18-16-14-12-10-8-6-4-2/h48-49,51,53-54,56H,3-47H2,1-2H3,(H,52,55)/t48-,49+,51-/m0/s1. The molecule has 0 aliphatic rings. The fraction of sp³-hybridized carbons (Fsp3) is 0.980. The number of rotatable bonds is 48. The lowest BCUT2D eigenvalue weighted by atomic mass is 9.99. The quantitative estimate of drug-likeness (QED) is 0.0462. The third-order valence-electron chi connectivity index (χ3n) is 12.5. The van der Waals surface area contributed by atoms with Crippen molar-refractivity contribution in [1.82, 2.24) is 5.32 Å². The maximum absolute atomic E-state index is 12.5. The minimum atomic E-state index is -1.13. The Bertz CT molecular complexity index is 747. The van der Waals surface area contributed by atoms with Crippen molar-refractivity contribution in [2.75, 3.05) is 6.61 Å². The zero-order chi connectivity index (χ0) is 40.8. The summed E-state index contributed by atoms with van der Waals surface area (Å²) < 4.78 is 0. The molecule has 5 nitrogen and oxygen atoms in total. The Morgan fingerprint density at radius 3 is 0.857 bits per heavy atom. The van der Waals surface area contributed by atoms with Gasteiger partial charge in [-0.2, -0.15) is 0 Å². The first kappa shape index (κ1) is 55.4. The molecule has 0 spiro atoms. The van der Waals surface area contributed by atoms with Gasteiger partial charge in [0.15, 0.2) is 0 Å². The summed E-state index contributed by atoms with van der Waals surface area (Å²) in [7, 11) is 0. The zero-order valence-electron chi connectivity index (χ0n) is 38.3. The van der Waals surface area contributed by atoms with E-state index < -0.39 is 18.2 Å². The van der Waals surface area contributed by atoms with Crippen LogP contribution in [-0.4, -0.2) is 46.1 Å². The average Bonchev–Trinajstić information content (AvgIpc) is 3.20. The average molecular weight is 794 g/mol. The number of hydrogen-bond acceptors (Lipinski definition) is 4. The summed E-state index contributed by atoms with van der Waals surface area (Å²) in [5, 5.41) is 33.6. The van der Waals surface area contributed by atoms with Gasteiger partial charge in [0.1, 0.15) is 6.10 Å². The van der Waals surface area contributed by atoms with Gasteiger partial charge in [-0.25, -0.2) is 0 Å². The Morgan fingerprint density at radius 1 is 0.375 bits per heavy atom. The molecule has 3 atom stereocenters. The van der Waals surface area contributed by atoms with Gasteiger partial charge in [-0.3, -0.25) is 4.79 Å². The molecule has 0 unspecified atom stereocenters. The van der Waals surface area contributed by atoms with Crippen molar-refractivity contribution >= 4 is 5.91 Å². The fourth-order valence-electron chi connectivity index (χ4n) is 8.46. The number of amides is 1. The smallest absolute Gasteiger partial charge is 0.220 e. The van der Waals surface area contributed by atoms with Crippen molar-refractivity contribution < 1.29 is 20.1 Å². The summed E-state index contributed by atoms with van der Waals surface area (Å²) in [6.07, 6.45) is 55.3. The maximum atomic E-state index is 12.5. The SMILES string of the molecule is CCCCCCCCCCCCCCCCCCCCCCCCCCCCCCC(=O)N[C@@H](CO)[C@H](O)[C@H](O)CCCCCCCCCCCCCCCC. The second-order valence-electron chi connectivity index (χ2n) is 18.1. The second kappa shape index (κ2) is 47.0. The summed E-state index contributed by atoms with van der Waals surface area (Å²) >= 11 is 0. The summed E-state index contributed by atoms with van der Waals surface area (Å²) in [4.78, 5) is 12.5. The van der Waals surface area contributed by atoms with Crippen molar-refractivity contribution in [2.24, 2.45) is 0 Å². The highest BCUT2D eigenvalue weighted by atomic mass is 16.3. The van der Waals surface area contributed by atoms with E-state index in [1.54, 1.807) is 0 Å². The van der Waals surface area contributed by atoms with Crippen molar-refractivity contribution in [3.8, 4) is 0 Å². The van der Waals surface area contributed by atoms with E-state index in [1.165, 1.54) is 238 Å². The Kier molecular flexibility index (Phi) is 46.5. The molecule has 0 aromatic rings. The summed E-state index contributed by atoms with van der Waals surface area (Å²) in [5.74, 6) is -0.137. The van der Waals surface area contributed by atoms with Gasteiger partial charge in [0.25, 0.3) is 0 Å². The molecule has 0 rings (SSSR count). The Morgan fingerprint density at radius 2 is 0.607 bits per heavy atom. The Labute approximate surface area is 351 Å². The van der Waals surface area contributed by atoms with Gasteiger partial charge in [0.05, 0.1) is 18.8 Å². The van der Waals surface area contributed by atoms with Gasteiger partial charge in [0, 0.05) is 6.42 Å². The number of hydrogen-bond donors (Lipinski definition) is 4. The fourth-order valence-corrected chi connectivity index (χ4v) is 8.46. The number of nitrogens with one attached hydrogen (secondary N) is 1. The van der Waals surface area contributed by atoms with Gasteiger partial charge in [-0.05, 0) is 12.8 Å². The van der Waals surface area contributed by atoms with Crippen LogP contribution in [-0.2, 0) is 4.79 Å². The van der Waals surface area contributed by atoms with E-state index in [-0.39, 0.29) is 12.5 Å². The molecule has 0 saturated carbocycles. The summed E-state index contributed by atoms with van der Waals surface area (Å²) in [5.41, 5.74) is 0. The highest BCUT2D eigenvalue weighted by molar-refractivity contribution is 5.76. The van der Waals surface area contributed by atoms with Crippen LogP contribution in [0, 0.1) is 0 Å². The minimum Gasteiger partial charge on any atom is -0.394 e. The van der Waals surface area contributed by atoms with Crippen molar-refractivity contribution in [3.63, 3.8) is 0 Å². The third kappa shape index (κ3) is 41.5. The van der Waals surface area contributed by atoms with Crippen LogP contribution >= 0.6 is 0 Å². The predicted molar refractivity (Wildman–Crippen MR) is 246 cm³/mol. The number of aliphatic hydroxyl groups is 3. The van der Waals surface area contributed by atoms with E-state index >= 15 is 0 Å². The topological polar surface area (TPSA) is 89.8 Å². The van der Waals surface area contributed by atoms with Crippen molar-refractivity contribution in [1.29, 1.82) is 0 Å². The minimum absolute atomic E-state index is 0.137. The molecule has 0 aliphatic heterocycles. The van der Waals surface area contributed by atoms with E-state index in [2.05, 4.69) is 19.2 Å². The number of unbranched alkanes of at least 4 members (excludes halogenated alkanes) is 40. The lowest BCUT2D eigenvalue weighted by Crippen LogP contribution is -2.50. The molecular weight excluding hydrogens is 691 g/mol. The highest BCUT2D eigenvalue weighted by Gasteiger charge is 2.26. The van der Waals surface area contributed by atoms with Crippen molar-refractivity contribution in [2.45, 2.75) is 315 Å². The summed E-state index contributed by atoms with van der Waals surface area (Å²) in [6.45, 7) is 4.21. The molecule has 336 valence electrons. The lowest BCUT2D eigenvalue weighted by molar-refractivity contribution is -0.124. The second-order valence-corrected chi connectivity index (χ2v) is 18.1. The molecule has 4 N–H and O–H groups in total. The normalized spacial score (nSPS) is 13.3. The van der Waals surface area contributed by atoms with Crippen LogP contribution in [0.15, 0.2) is 0 Å². The van der Waals surface area contributed by atoms with Crippen molar-refractivity contribution in [3.05, 3.63) is 0 Å². The molecule has 1 amide bonds. The molecule has 56 heavy (non-hydrogen) atoms. The van der Waals surface area contributed by atoms with Crippen LogP contribution in [0.25, 0.3) is 0 Å². The number of aliphatic hydroxyl groups excluding tert-OH is 3. The van der Waals surface area contributed by atoms with Crippen LogP contribution in [0.5, 0.6) is 0 Å². The van der Waals surface area contributed by atoms with Gasteiger partial charge in [0.2, 0.25) is 5.91 Å². The van der Waals surface area contributed by atoms with E-state index in [4.69, 9.17) is 0 Å². The predicted octanol–water partition coefficient (Wildman–Crippen LogP) is 15.4. The monoisotopic (exact) mass is 794 g/mol. The van der Waals surface area contributed by atoms with Crippen LogP contribution in [0.2, 0.25) is 0 Å². The third-order valence-corrected chi connectivity index (χ3v) is 12.5. The van der Waals surface area contributed by atoms with Crippen LogP contribution in [0.1, 0.15) is 296 Å². The first-order chi connectivity index (χ1) is 27.6. The van der Waals surface area contributed by atoms with E-state index in [0.717, 1.165) is 32.1 Å². The van der Waals surface area contributed by atoms with E-state index in [1.807, 2.05) is 0 Å². The van der Waals surface area contributed by atoms with Crippen LogP contribution < -0.4 is 5.32 Å². The molecule has 0 aliphatic carbocycles. The molecule has 5 heteroatoms. The largest absolute Gasteiger partial charge is 0.394 e. The molecule has 0 aromatic carbocycles. The maximum Gasteiger partial charge on any atom is 0.220 e. The Hall–Kier alpha value is -0.650. The van der Waals surface area contributed by atoms with Gasteiger partial charge in [-0.15, -0.1) is 0 Å². The van der Waals surface area contributed by atoms with Crippen LogP contribution in [0.4, 0.5) is 0 Å². The molecular formula is C51H103NO4. The first-order valence-electron chi connectivity index (χ1n) is 25.8. The number of carbonyl (C=O) groups is 1. The van der Waals surface area contributed by atoms with Gasteiger partial charge < -0.3 is 20.6 Å². The first-order valence-corrected chi connectivity index (χ1v) is 25.8. The van der Waals surface area contributed by atoms with Gasteiger partial charge in [-0.1, -0.05) is 277 Å². The molecule has 0 fully saturated rings. The zero-order valence-corrected chi connectivity index (χ0v) is 38.3. The molecule has 0 heterocycles. The van der Waals surface area contributed by atoms with Gasteiger partial charge >= 0.3 is 0 Å². The number of carbonyl (C=O) groups excluding carboxylic acids is 1. The lowest BCUT2D eigenvalue weighted by Gasteiger charge is -2.26. The van der Waals surface area contributed by atoms with Crippen LogP contribution in [0.3, 0.4) is 0 Å².